The second-order valence-corrected chi connectivity index (χ2v) is 5.12. The lowest BCUT2D eigenvalue weighted by Gasteiger charge is -2.37. The van der Waals surface area contributed by atoms with Crippen molar-refractivity contribution in [3.63, 3.8) is 0 Å². The van der Waals surface area contributed by atoms with Crippen LogP contribution in [0.2, 0.25) is 0 Å². The second-order valence-electron chi connectivity index (χ2n) is 5.12. The van der Waals surface area contributed by atoms with Gasteiger partial charge in [0, 0.05) is 19.1 Å². The molecule has 1 aliphatic rings. The van der Waals surface area contributed by atoms with Crippen LogP contribution in [0.15, 0.2) is 0 Å². The fraction of sp³-hybridized carbons (Fsp3) is 0.846. The summed E-state index contributed by atoms with van der Waals surface area (Å²) in [6.45, 7) is 6.42. The first-order chi connectivity index (χ1) is 8.58. The van der Waals surface area contributed by atoms with Gasteiger partial charge in [0.05, 0.1) is 12.0 Å². The first-order valence-corrected chi connectivity index (χ1v) is 6.74. The number of nitrogens with two attached hydrogens (primary N) is 1. The van der Waals surface area contributed by atoms with Crippen molar-refractivity contribution in [2.24, 2.45) is 11.7 Å². The number of likely N-dealkylation sites (tertiary alicyclic amines) is 1. The van der Waals surface area contributed by atoms with Crippen LogP contribution in [-0.4, -0.2) is 42.5 Å². The molecule has 1 amide bonds. The van der Waals surface area contributed by atoms with E-state index in [1.807, 2.05) is 0 Å². The fourth-order valence-electron chi connectivity index (χ4n) is 2.37. The minimum absolute atomic E-state index is 0.0632. The van der Waals surface area contributed by atoms with Crippen molar-refractivity contribution >= 4 is 5.91 Å². The maximum absolute atomic E-state index is 11.2. The lowest BCUT2D eigenvalue weighted by atomic mass is 9.92. The molecule has 5 heteroatoms. The molecule has 1 rings (SSSR count). The summed E-state index contributed by atoms with van der Waals surface area (Å²) in [5.41, 5.74) is 5.37. The predicted octanol–water partition coefficient (Wildman–Crippen LogP) is 0.464. The number of nitrogens with one attached hydrogen (secondary N) is 1. The lowest BCUT2D eigenvalue weighted by Crippen LogP contribution is -2.50. The fourth-order valence-corrected chi connectivity index (χ4v) is 2.37. The highest BCUT2D eigenvalue weighted by molar-refractivity contribution is 5.76. The van der Waals surface area contributed by atoms with Gasteiger partial charge >= 0.3 is 0 Å². The van der Waals surface area contributed by atoms with Crippen molar-refractivity contribution in [2.75, 3.05) is 19.6 Å². The average Bonchev–Trinajstić information content (AvgIpc) is 2.36. The molecule has 5 nitrogen and oxygen atoms in total. The Balaban J connectivity index is 2.51. The number of carbonyl (C=O) groups excluding carboxylic acids is 1. The van der Waals surface area contributed by atoms with E-state index in [0.717, 1.165) is 25.8 Å². The zero-order valence-corrected chi connectivity index (χ0v) is 11.4. The zero-order valence-electron chi connectivity index (χ0n) is 11.4. The van der Waals surface area contributed by atoms with Gasteiger partial charge in [-0.2, -0.15) is 5.26 Å². The number of nitriles is 1. The Morgan fingerprint density at radius 1 is 1.61 bits per heavy atom. The molecule has 0 aromatic rings. The molecule has 3 N–H and O–H groups in total. The lowest BCUT2D eigenvalue weighted by molar-refractivity contribution is -0.124. The third kappa shape index (κ3) is 4.28. The summed E-state index contributed by atoms with van der Waals surface area (Å²) in [5, 5.41) is 12.3. The summed E-state index contributed by atoms with van der Waals surface area (Å²) in [5.74, 6) is -0.284. The van der Waals surface area contributed by atoms with Gasteiger partial charge in [0.25, 0.3) is 0 Å². The number of rotatable bonds is 6. The van der Waals surface area contributed by atoms with E-state index in [1.165, 1.54) is 0 Å². The van der Waals surface area contributed by atoms with Gasteiger partial charge in [0.1, 0.15) is 6.04 Å². The van der Waals surface area contributed by atoms with Crippen molar-refractivity contribution < 1.29 is 4.79 Å². The van der Waals surface area contributed by atoms with Gasteiger partial charge in [-0.1, -0.05) is 6.92 Å². The second kappa shape index (κ2) is 7.34. The Hall–Kier alpha value is -1.12. The molecule has 102 valence electrons. The largest absolute Gasteiger partial charge is 0.369 e. The third-order valence-electron chi connectivity index (χ3n) is 3.63. The summed E-state index contributed by atoms with van der Waals surface area (Å²) in [4.78, 5) is 13.5. The summed E-state index contributed by atoms with van der Waals surface area (Å²) < 4.78 is 0. The molecule has 0 aliphatic carbocycles. The van der Waals surface area contributed by atoms with Crippen LogP contribution >= 0.6 is 0 Å². The number of amides is 1. The molecule has 3 unspecified atom stereocenters. The van der Waals surface area contributed by atoms with Crippen LogP contribution < -0.4 is 11.1 Å². The Morgan fingerprint density at radius 2 is 2.33 bits per heavy atom. The molecular formula is C13H24N4O. The van der Waals surface area contributed by atoms with E-state index in [9.17, 15) is 4.79 Å². The van der Waals surface area contributed by atoms with Gasteiger partial charge < -0.3 is 11.1 Å². The van der Waals surface area contributed by atoms with E-state index in [-0.39, 0.29) is 17.9 Å². The van der Waals surface area contributed by atoms with E-state index in [4.69, 9.17) is 11.0 Å². The predicted molar refractivity (Wildman–Crippen MR) is 70.6 cm³/mol. The Labute approximate surface area is 109 Å². The summed E-state index contributed by atoms with van der Waals surface area (Å²) in [6.07, 6.45) is 2.85. The van der Waals surface area contributed by atoms with E-state index in [1.54, 1.807) is 0 Å². The number of primary amides is 1. The smallest absolute Gasteiger partial charge is 0.221 e. The first kappa shape index (κ1) is 14.9. The van der Waals surface area contributed by atoms with Crippen LogP contribution in [0.3, 0.4) is 0 Å². The van der Waals surface area contributed by atoms with Gasteiger partial charge in [-0.05, 0) is 32.7 Å². The summed E-state index contributed by atoms with van der Waals surface area (Å²) in [7, 11) is 0. The third-order valence-corrected chi connectivity index (χ3v) is 3.63. The number of carbonyl (C=O) groups is 1. The normalized spacial score (nSPS) is 26.5. The molecule has 0 aromatic carbocycles. The minimum atomic E-state index is -0.220. The molecule has 0 saturated carbocycles. The van der Waals surface area contributed by atoms with Gasteiger partial charge in [-0.25, -0.2) is 0 Å². The van der Waals surface area contributed by atoms with Crippen LogP contribution in [0.5, 0.6) is 0 Å². The molecular weight excluding hydrogens is 228 g/mol. The van der Waals surface area contributed by atoms with Crippen molar-refractivity contribution in [2.45, 2.75) is 45.2 Å². The van der Waals surface area contributed by atoms with E-state index in [0.29, 0.717) is 19.1 Å². The molecule has 1 fully saturated rings. The van der Waals surface area contributed by atoms with Gasteiger partial charge in [0.2, 0.25) is 5.91 Å². The standard InChI is InChI=1S/C13H24N4O/c1-3-6-16-12(7-14)9-17-8-11(13(15)18)5-4-10(17)2/h10-12,16H,3-6,8-9H2,1-2H3,(H2,15,18). The highest BCUT2D eigenvalue weighted by atomic mass is 16.1. The average molecular weight is 252 g/mol. The van der Waals surface area contributed by atoms with Crippen LogP contribution in [0.4, 0.5) is 0 Å². The molecule has 3 atom stereocenters. The monoisotopic (exact) mass is 252 g/mol. The van der Waals surface area contributed by atoms with Crippen molar-refractivity contribution in [3.05, 3.63) is 0 Å². The van der Waals surface area contributed by atoms with Crippen LogP contribution in [0.1, 0.15) is 33.1 Å². The first-order valence-electron chi connectivity index (χ1n) is 6.74. The Kier molecular flexibility index (Phi) is 6.10. The molecule has 1 aliphatic heterocycles. The summed E-state index contributed by atoms with van der Waals surface area (Å²) in [6, 6.07) is 2.53. The van der Waals surface area contributed by atoms with Gasteiger partial charge in [-0.15, -0.1) is 0 Å². The van der Waals surface area contributed by atoms with Crippen LogP contribution in [0, 0.1) is 17.2 Å². The molecule has 1 saturated heterocycles. The van der Waals surface area contributed by atoms with Crippen molar-refractivity contribution in [1.82, 2.24) is 10.2 Å². The molecule has 0 bridgehead atoms. The topological polar surface area (TPSA) is 82.2 Å². The molecule has 1 heterocycles. The summed E-state index contributed by atoms with van der Waals surface area (Å²) >= 11 is 0. The highest BCUT2D eigenvalue weighted by Gasteiger charge is 2.29. The molecule has 0 spiro atoms. The molecule has 0 aromatic heterocycles. The van der Waals surface area contributed by atoms with Crippen molar-refractivity contribution in [1.29, 1.82) is 5.26 Å². The highest BCUT2D eigenvalue weighted by Crippen LogP contribution is 2.21. The molecule has 0 radical (unpaired) electrons. The maximum Gasteiger partial charge on any atom is 0.221 e. The Morgan fingerprint density at radius 3 is 2.89 bits per heavy atom. The quantitative estimate of drug-likeness (QED) is 0.719. The maximum atomic E-state index is 11.2. The van der Waals surface area contributed by atoms with Gasteiger partial charge in [-0.3, -0.25) is 9.69 Å². The number of hydrogen-bond donors (Lipinski definition) is 2. The van der Waals surface area contributed by atoms with E-state index >= 15 is 0 Å². The van der Waals surface area contributed by atoms with E-state index in [2.05, 4.69) is 30.1 Å². The van der Waals surface area contributed by atoms with Gasteiger partial charge in [0.15, 0.2) is 0 Å². The SMILES string of the molecule is CCCNC(C#N)CN1CC(C(N)=O)CCC1C. The minimum Gasteiger partial charge on any atom is -0.369 e. The number of piperidine rings is 1. The van der Waals surface area contributed by atoms with E-state index < -0.39 is 0 Å². The number of nitrogens with zero attached hydrogens (tertiary/aromatic N) is 2. The van der Waals surface area contributed by atoms with Crippen LogP contribution in [-0.2, 0) is 4.79 Å². The Bertz CT molecular complexity index is 313. The number of hydrogen-bond acceptors (Lipinski definition) is 4. The zero-order chi connectivity index (χ0) is 13.5. The van der Waals surface area contributed by atoms with Crippen LogP contribution in [0.25, 0.3) is 0 Å². The molecule has 18 heavy (non-hydrogen) atoms. The van der Waals surface area contributed by atoms with Crippen molar-refractivity contribution in [3.8, 4) is 6.07 Å².